The summed E-state index contributed by atoms with van der Waals surface area (Å²) in [6, 6.07) is 11.6. The summed E-state index contributed by atoms with van der Waals surface area (Å²) >= 11 is 5.97. The fraction of sp³-hybridized carbons (Fsp3) is 0.222. The summed E-state index contributed by atoms with van der Waals surface area (Å²) < 4.78 is 16.2. The number of anilines is 1. The molecule has 2 atom stereocenters. The van der Waals surface area contributed by atoms with Crippen molar-refractivity contribution in [3.63, 3.8) is 0 Å². The van der Waals surface area contributed by atoms with E-state index in [9.17, 15) is 9.59 Å². The van der Waals surface area contributed by atoms with Crippen LogP contribution < -0.4 is 14.8 Å². The molecular weight excluding hydrogens is 346 g/mol. The van der Waals surface area contributed by atoms with Crippen molar-refractivity contribution in [2.45, 2.75) is 19.1 Å². The highest BCUT2D eigenvalue weighted by molar-refractivity contribution is 6.31. The van der Waals surface area contributed by atoms with E-state index < -0.39 is 24.1 Å². The monoisotopic (exact) mass is 361 g/mol. The number of amides is 1. The van der Waals surface area contributed by atoms with Crippen molar-refractivity contribution < 1.29 is 23.8 Å². The van der Waals surface area contributed by atoms with Crippen molar-refractivity contribution >= 4 is 29.2 Å². The average Bonchev–Trinajstić information content (AvgIpc) is 2.60. The molecule has 3 rings (SSSR count). The number of carbonyl (C=O) groups is 2. The van der Waals surface area contributed by atoms with E-state index in [0.29, 0.717) is 16.5 Å². The van der Waals surface area contributed by atoms with Crippen molar-refractivity contribution in [2.24, 2.45) is 0 Å². The van der Waals surface area contributed by atoms with Gasteiger partial charge >= 0.3 is 5.97 Å². The highest BCUT2D eigenvalue weighted by Crippen LogP contribution is 2.34. The Morgan fingerprint density at radius 2 is 1.80 bits per heavy atom. The Morgan fingerprint density at radius 3 is 2.48 bits per heavy atom. The highest BCUT2D eigenvalue weighted by Gasteiger charge is 2.34. The van der Waals surface area contributed by atoms with Crippen LogP contribution in [0.2, 0.25) is 5.02 Å². The zero-order valence-electron chi connectivity index (χ0n) is 13.6. The second-order valence-electron chi connectivity index (χ2n) is 5.48. The third-order valence-electron chi connectivity index (χ3n) is 3.75. The van der Waals surface area contributed by atoms with Crippen LogP contribution >= 0.6 is 11.6 Å². The molecule has 2 aromatic rings. The van der Waals surface area contributed by atoms with Gasteiger partial charge in [-0.05, 0) is 37.3 Å². The second-order valence-corrected chi connectivity index (χ2v) is 5.92. The third kappa shape index (κ3) is 3.53. The van der Waals surface area contributed by atoms with Gasteiger partial charge in [-0.2, -0.15) is 0 Å². The molecule has 1 N–H and O–H groups in total. The Kier molecular flexibility index (Phi) is 4.81. The van der Waals surface area contributed by atoms with Crippen molar-refractivity contribution in [3.8, 4) is 11.5 Å². The first-order valence-electron chi connectivity index (χ1n) is 7.60. The van der Waals surface area contributed by atoms with Crippen LogP contribution in [0.5, 0.6) is 11.5 Å². The van der Waals surface area contributed by atoms with Crippen molar-refractivity contribution in [3.05, 3.63) is 53.1 Å². The average molecular weight is 362 g/mol. The van der Waals surface area contributed by atoms with Gasteiger partial charge in [-0.1, -0.05) is 23.7 Å². The van der Waals surface area contributed by atoms with Gasteiger partial charge < -0.3 is 19.5 Å². The van der Waals surface area contributed by atoms with Crippen LogP contribution in [-0.4, -0.2) is 31.2 Å². The molecule has 0 fully saturated rings. The molecule has 1 amide bonds. The van der Waals surface area contributed by atoms with E-state index in [1.54, 1.807) is 31.2 Å². The summed E-state index contributed by atoms with van der Waals surface area (Å²) in [6.07, 6.45) is -1.38. The van der Waals surface area contributed by atoms with Gasteiger partial charge in [0, 0.05) is 5.02 Å². The normalized spacial score (nSPS) is 18.4. The smallest absolute Gasteiger partial charge is 0.339 e. The van der Waals surface area contributed by atoms with Crippen LogP contribution in [-0.2, 0) is 9.53 Å². The lowest BCUT2D eigenvalue weighted by atomic mass is 10.1. The number of esters is 1. The number of ether oxygens (including phenoxy) is 3. The molecule has 2 unspecified atom stereocenters. The number of benzene rings is 2. The van der Waals surface area contributed by atoms with Crippen LogP contribution in [0.4, 0.5) is 5.69 Å². The van der Waals surface area contributed by atoms with Crippen LogP contribution in [0, 0.1) is 0 Å². The Hall–Kier alpha value is -2.73. The summed E-state index contributed by atoms with van der Waals surface area (Å²) in [7, 11) is 1.26. The predicted octanol–water partition coefficient (Wildman–Crippen LogP) is 3.29. The maximum absolute atomic E-state index is 12.7. The molecule has 25 heavy (non-hydrogen) atoms. The van der Waals surface area contributed by atoms with Gasteiger partial charge in [0.05, 0.1) is 18.4 Å². The number of halogens is 1. The Balaban J connectivity index is 1.83. The van der Waals surface area contributed by atoms with Gasteiger partial charge in [-0.15, -0.1) is 0 Å². The molecule has 0 saturated heterocycles. The molecule has 0 aliphatic carbocycles. The summed E-state index contributed by atoms with van der Waals surface area (Å²) in [5.41, 5.74) is 0.448. The summed E-state index contributed by atoms with van der Waals surface area (Å²) in [5.74, 6) is 0.0395. The maximum Gasteiger partial charge on any atom is 0.339 e. The number of para-hydroxylation sites is 2. The quantitative estimate of drug-likeness (QED) is 0.849. The maximum atomic E-state index is 12.7. The number of methoxy groups -OCH3 is 1. The summed E-state index contributed by atoms with van der Waals surface area (Å²) in [5, 5.41) is 3.05. The molecule has 1 heterocycles. The van der Waals surface area contributed by atoms with Crippen molar-refractivity contribution in [2.75, 3.05) is 12.4 Å². The first-order chi connectivity index (χ1) is 12.0. The molecule has 0 radical (unpaired) electrons. The molecule has 7 heteroatoms. The van der Waals surface area contributed by atoms with Gasteiger partial charge in [0.25, 0.3) is 5.91 Å². The molecule has 0 spiro atoms. The number of hydrogen-bond donors (Lipinski definition) is 1. The van der Waals surface area contributed by atoms with E-state index in [1.807, 2.05) is 6.07 Å². The minimum atomic E-state index is -0.876. The van der Waals surface area contributed by atoms with E-state index in [1.165, 1.54) is 19.2 Å². The Labute approximate surface area is 149 Å². The van der Waals surface area contributed by atoms with Crippen molar-refractivity contribution in [1.82, 2.24) is 0 Å². The number of nitrogens with one attached hydrogen (secondary N) is 1. The molecule has 6 nitrogen and oxygen atoms in total. The molecule has 1 aliphatic heterocycles. The number of fused-ring (bicyclic) bond motifs is 1. The molecule has 0 aromatic heterocycles. The lowest BCUT2D eigenvalue weighted by molar-refractivity contribution is -0.128. The highest BCUT2D eigenvalue weighted by atomic mass is 35.5. The first-order valence-corrected chi connectivity index (χ1v) is 7.98. The van der Waals surface area contributed by atoms with Crippen LogP contribution in [0.3, 0.4) is 0 Å². The molecular formula is C18H16ClNO5. The third-order valence-corrected chi connectivity index (χ3v) is 3.98. The number of hydrogen-bond acceptors (Lipinski definition) is 5. The minimum absolute atomic E-state index is 0.199. The van der Waals surface area contributed by atoms with Gasteiger partial charge in [-0.3, -0.25) is 4.79 Å². The molecule has 0 bridgehead atoms. The molecule has 2 aromatic carbocycles. The second kappa shape index (κ2) is 7.03. The molecule has 1 aliphatic rings. The largest absolute Gasteiger partial charge is 0.482 e. The molecule has 130 valence electrons. The summed E-state index contributed by atoms with van der Waals surface area (Å²) in [6.45, 7) is 1.74. The lowest BCUT2D eigenvalue weighted by Crippen LogP contribution is -2.46. The fourth-order valence-electron chi connectivity index (χ4n) is 2.52. The van der Waals surface area contributed by atoms with E-state index in [4.69, 9.17) is 25.8 Å². The zero-order valence-corrected chi connectivity index (χ0v) is 14.4. The van der Waals surface area contributed by atoms with Gasteiger partial charge in [-0.25, -0.2) is 4.79 Å². The minimum Gasteiger partial charge on any atom is -0.482 e. The standard InChI is InChI=1S/C18H16ClNO5/c1-10-16(25-15-6-4-3-5-14(15)24-10)17(21)20-13-9-11(19)7-8-12(13)18(22)23-2/h3-10,16H,1-2H3,(H,20,21). The Morgan fingerprint density at radius 1 is 1.12 bits per heavy atom. The van der Waals surface area contributed by atoms with Gasteiger partial charge in [0.1, 0.15) is 6.10 Å². The fourth-order valence-corrected chi connectivity index (χ4v) is 2.69. The summed E-state index contributed by atoms with van der Waals surface area (Å²) in [4.78, 5) is 24.5. The van der Waals surface area contributed by atoms with Gasteiger partial charge in [0.15, 0.2) is 11.5 Å². The zero-order chi connectivity index (χ0) is 18.0. The number of rotatable bonds is 3. The van der Waals surface area contributed by atoms with E-state index in [0.717, 1.165) is 0 Å². The van der Waals surface area contributed by atoms with Crippen LogP contribution in [0.1, 0.15) is 17.3 Å². The van der Waals surface area contributed by atoms with Gasteiger partial charge in [0.2, 0.25) is 6.10 Å². The predicted molar refractivity (Wildman–Crippen MR) is 92.4 cm³/mol. The van der Waals surface area contributed by atoms with E-state index in [2.05, 4.69) is 5.32 Å². The van der Waals surface area contributed by atoms with E-state index >= 15 is 0 Å². The molecule has 0 saturated carbocycles. The van der Waals surface area contributed by atoms with Crippen molar-refractivity contribution in [1.29, 1.82) is 0 Å². The SMILES string of the molecule is COC(=O)c1ccc(Cl)cc1NC(=O)C1Oc2ccccc2OC1C. The van der Waals surface area contributed by atoms with E-state index in [-0.39, 0.29) is 11.3 Å². The topological polar surface area (TPSA) is 73.9 Å². The lowest BCUT2D eigenvalue weighted by Gasteiger charge is -2.31. The first kappa shape index (κ1) is 17.1. The van der Waals surface area contributed by atoms with Crippen LogP contribution in [0.15, 0.2) is 42.5 Å². The Bertz CT molecular complexity index is 823. The number of carbonyl (C=O) groups excluding carboxylic acids is 2. The van der Waals surface area contributed by atoms with Crippen LogP contribution in [0.25, 0.3) is 0 Å².